The molecule has 0 spiro atoms. The molecule has 2 aliphatic rings. The number of aryl methyl sites for hydroxylation is 1. The van der Waals surface area contributed by atoms with E-state index in [0.717, 1.165) is 77.8 Å². The van der Waals surface area contributed by atoms with Crippen LogP contribution in [0.25, 0.3) is 17.1 Å². The lowest BCUT2D eigenvalue weighted by atomic mass is 9.77. The third kappa shape index (κ3) is 5.08. The van der Waals surface area contributed by atoms with Crippen LogP contribution in [0.4, 0.5) is 8.78 Å². The van der Waals surface area contributed by atoms with Crippen LogP contribution in [0.5, 0.6) is 0 Å². The molecule has 204 valence electrons. The zero-order valence-corrected chi connectivity index (χ0v) is 22.6. The Labute approximate surface area is 232 Å². The van der Waals surface area contributed by atoms with E-state index < -0.39 is 0 Å². The van der Waals surface area contributed by atoms with Crippen LogP contribution < -0.4 is 0 Å². The number of nitrogens with zero attached hydrogens (tertiary/aromatic N) is 4. The highest BCUT2D eigenvalue weighted by molar-refractivity contribution is 6.08. The van der Waals surface area contributed by atoms with E-state index in [2.05, 4.69) is 6.92 Å². The normalized spacial score (nSPS) is 19.7. The quantitative estimate of drug-likeness (QED) is 0.245. The number of halogens is 2. The number of benzene rings is 3. The number of allylic oxidation sites excluding steroid dienone is 1. The highest BCUT2D eigenvalue weighted by Crippen LogP contribution is 2.44. The molecule has 0 bridgehead atoms. The van der Waals surface area contributed by atoms with Gasteiger partial charge in [0.2, 0.25) is 0 Å². The van der Waals surface area contributed by atoms with Crippen molar-refractivity contribution in [2.45, 2.75) is 58.0 Å². The van der Waals surface area contributed by atoms with E-state index in [-0.39, 0.29) is 36.0 Å². The van der Waals surface area contributed by atoms with E-state index >= 15 is 0 Å². The fourth-order valence-electron chi connectivity index (χ4n) is 6.00. The van der Waals surface area contributed by atoms with Crippen molar-refractivity contribution in [3.63, 3.8) is 0 Å². The van der Waals surface area contributed by atoms with E-state index in [9.17, 15) is 13.6 Å². The number of amides is 1. The molecule has 1 aliphatic heterocycles. The van der Waals surface area contributed by atoms with Gasteiger partial charge in [0.25, 0.3) is 5.91 Å². The van der Waals surface area contributed by atoms with Crippen LogP contribution in [0.2, 0.25) is 0 Å². The zero-order valence-electron chi connectivity index (χ0n) is 22.6. The summed E-state index contributed by atoms with van der Waals surface area (Å²) in [6.07, 6.45) is 7.52. The minimum atomic E-state index is -0.325. The second kappa shape index (κ2) is 11.2. The summed E-state index contributed by atoms with van der Waals surface area (Å²) in [7, 11) is 0. The number of hydrogen-bond donors (Lipinski definition) is 0. The smallest absolute Gasteiger partial charge is 0.263 e. The molecule has 0 unspecified atom stereocenters. The molecule has 5 nitrogen and oxygen atoms in total. The first-order valence-electron chi connectivity index (χ1n) is 14.1. The molecule has 4 aromatic rings. The molecule has 2 atom stereocenters. The fourth-order valence-corrected chi connectivity index (χ4v) is 6.00. The first kappa shape index (κ1) is 26.1. The van der Waals surface area contributed by atoms with Crippen LogP contribution in [0.3, 0.4) is 0 Å². The zero-order chi connectivity index (χ0) is 27.6. The number of carbonyl (C=O) groups excluding carboxylic acids is 1. The average molecular weight is 539 g/mol. The van der Waals surface area contributed by atoms with E-state index in [1.807, 2.05) is 34.9 Å². The molecule has 0 saturated heterocycles. The minimum absolute atomic E-state index is 0.00560. The third-order valence-corrected chi connectivity index (χ3v) is 7.96. The Morgan fingerprint density at radius 2 is 1.73 bits per heavy atom. The predicted molar refractivity (Wildman–Crippen MR) is 153 cm³/mol. The van der Waals surface area contributed by atoms with Gasteiger partial charge in [0.1, 0.15) is 24.0 Å². The van der Waals surface area contributed by atoms with Crippen molar-refractivity contribution in [1.29, 1.82) is 0 Å². The molecule has 1 saturated carbocycles. The third-order valence-electron chi connectivity index (χ3n) is 7.96. The molecular formula is C33H32F2N4O. The highest BCUT2D eigenvalue weighted by atomic mass is 19.1. The SMILES string of the molecule is CCCCc1nc2ccccc2n1CC(=O)N1N=C2/C(=C/c3ccc(F)cc3)CCC[C@H]2[C@@H]1c1ccc(F)cc1. The molecule has 1 fully saturated rings. The number of hydrazone groups is 1. The monoisotopic (exact) mass is 538 g/mol. The minimum Gasteiger partial charge on any atom is -0.318 e. The maximum atomic E-state index is 14.1. The molecule has 7 heteroatoms. The van der Waals surface area contributed by atoms with E-state index in [4.69, 9.17) is 10.1 Å². The average Bonchev–Trinajstić information content (AvgIpc) is 3.53. The van der Waals surface area contributed by atoms with Crippen molar-refractivity contribution in [1.82, 2.24) is 14.6 Å². The number of imidazole rings is 1. The largest absolute Gasteiger partial charge is 0.318 e. The number of hydrogen-bond acceptors (Lipinski definition) is 3. The summed E-state index contributed by atoms with van der Waals surface area (Å²) >= 11 is 0. The molecule has 1 amide bonds. The van der Waals surface area contributed by atoms with Crippen molar-refractivity contribution in [3.05, 3.63) is 107 Å². The molecular weight excluding hydrogens is 506 g/mol. The van der Waals surface area contributed by atoms with Crippen LogP contribution in [-0.4, -0.2) is 26.2 Å². The summed E-state index contributed by atoms with van der Waals surface area (Å²) < 4.78 is 29.4. The first-order chi connectivity index (χ1) is 19.5. The van der Waals surface area contributed by atoms with Gasteiger partial charge in [-0.15, -0.1) is 0 Å². The Morgan fingerprint density at radius 1 is 1.00 bits per heavy atom. The summed E-state index contributed by atoms with van der Waals surface area (Å²) in [6, 6.07) is 20.4. The van der Waals surface area contributed by atoms with Crippen molar-refractivity contribution in [3.8, 4) is 0 Å². The maximum absolute atomic E-state index is 14.1. The second-order valence-corrected chi connectivity index (χ2v) is 10.6. The maximum Gasteiger partial charge on any atom is 0.263 e. The number of carbonyl (C=O) groups is 1. The van der Waals surface area contributed by atoms with Crippen molar-refractivity contribution < 1.29 is 13.6 Å². The lowest BCUT2D eigenvalue weighted by Crippen LogP contribution is -2.34. The second-order valence-electron chi connectivity index (χ2n) is 10.6. The Kier molecular flexibility index (Phi) is 7.29. The molecule has 1 aromatic heterocycles. The van der Waals surface area contributed by atoms with E-state index in [0.29, 0.717) is 0 Å². The fraction of sp³-hybridized carbons (Fsp3) is 0.303. The predicted octanol–water partition coefficient (Wildman–Crippen LogP) is 7.48. The highest BCUT2D eigenvalue weighted by Gasteiger charge is 2.43. The van der Waals surface area contributed by atoms with E-state index in [1.165, 1.54) is 24.3 Å². The van der Waals surface area contributed by atoms with Gasteiger partial charge in [-0.05, 0) is 84.9 Å². The summed E-state index contributed by atoms with van der Waals surface area (Å²) in [5.41, 5.74) is 5.52. The Hall–Kier alpha value is -4.13. The van der Waals surface area contributed by atoms with Crippen LogP contribution >= 0.6 is 0 Å². The number of fused-ring (bicyclic) bond motifs is 2. The molecule has 40 heavy (non-hydrogen) atoms. The van der Waals surface area contributed by atoms with Gasteiger partial charge >= 0.3 is 0 Å². The number of rotatable bonds is 7. The number of unbranched alkanes of at least 4 members (excludes halogenated alkanes) is 1. The molecule has 0 radical (unpaired) electrons. The summed E-state index contributed by atoms with van der Waals surface area (Å²) in [5.74, 6) is 0.176. The molecule has 6 rings (SSSR count). The molecule has 0 N–H and O–H groups in total. The van der Waals surface area contributed by atoms with Gasteiger partial charge in [-0.3, -0.25) is 4.79 Å². The first-order valence-corrected chi connectivity index (χ1v) is 14.1. The van der Waals surface area contributed by atoms with Gasteiger partial charge in [0, 0.05) is 12.3 Å². The lowest BCUT2D eigenvalue weighted by molar-refractivity contribution is -0.134. The Morgan fingerprint density at radius 3 is 2.48 bits per heavy atom. The number of aromatic nitrogens is 2. The van der Waals surface area contributed by atoms with Gasteiger partial charge in [-0.1, -0.05) is 49.7 Å². The van der Waals surface area contributed by atoms with Crippen molar-refractivity contribution >= 4 is 28.7 Å². The Bertz CT molecular complexity index is 1590. The van der Waals surface area contributed by atoms with Crippen LogP contribution in [0.1, 0.15) is 62.0 Å². The van der Waals surface area contributed by atoms with Gasteiger partial charge < -0.3 is 4.57 Å². The van der Waals surface area contributed by atoms with Gasteiger partial charge in [0.15, 0.2) is 0 Å². The van der Waals surface area contributed by atoms with Gasteiger partial charge in [-0.25, -0.2) is 18.8 Å². The van der Waals surface area contributed by atoms with Crippen molar-refractivity contribution in [2.75, 3.05) is 0 Å². The van der Waals surface area contributed by atoms with Gasteiger partial charge in [-0.2, -0.15) is 5.10 Å². The van der Waals surface area contributed by atoms with E-state index in [1.54, 1.807) is 29.3 Å². The van der Waals surface area contributed by atoms with Crippen LogP contribution in [0, 0.1) is 17.6 Å². The molecule has 2 heterocycles. The molecule has 3 aromatic carbocycles. The lowest BCUT2D eigenvalue weighted by Gasteiger charge is -2.30. The standard InChI is InChI=1S/C33H32F2N4O/c1-2-3-11-30-36-28-9-4-5-10-29(28)38(30)21-31(40)39-33(23-14-18-26(35)19-15-23)27-8-6-7-24(32(27)37-39)20-22-12-16-25(34)17-13-22/h4-5,9-10,12-20,27,33H,2-3,6-8,11,21H2,1H3/b24-20+/t27-,33+/m1/s1. The Balaban J connectivity index is 1.39. The summed E-state index contributed by atoms with van der Waals surface area (Å²) in [4.78, 5) is 18.9. The van der Waals surface area contributed by atoms with Crippen molar-refractivity contribution in [2.24, 2.45) is 11.0 Å². The van der Waals surface area contributed by atoms with Gasteiger partial charge in [0.05, 0.1) is 22.8 Å². The van der Waals surface area contributed by atoms with Crippen LogP contribution in [-0.2, 0) is 17.8 Å². The topological polar surface area (TPSA) is 50.5 Å². The number of para-hydroxylation sites is 2. The molecule has 1 aliphatic carbocycles. The van der Waals surface area contributed by atoms with Crippen LogP contribution in [0.15, 0.2) is 83.5 Å². The summed E-state index contributed by atoms with van der Waals surface area (Å²) in [5, 5.41) is 6.59. The summed E-state index contributed by atoms with van der Waals surface area (Å²) in [6.45, 7) is 2.27.